The van der Waals surface area contributed by atoms with Gasteiger partial charge >= 0.3 is 0 Å². The van der Waals surface area contributed by atoms with Gasteiger partial charge < -0.3 is 15.5 Å². The molecule has 28 heavy (non-hydrogen) atoms. The molecule has 1 unspecified atom stereocenters. The Morgan fingerprint density at radius 1 is 1.14 bits per heavy atom. The number of anilines is 2. The summed E-state index contributed by atoms with van der Waals surface area (Å²) in [6.07, 6.45) is 3.58. The lowest BCUT2D eigenvalue weighted by Gasteiger charge is -2.31. The maximum atomic E-state index is 12.5. The van der Waals surface area contributed by atoms with E-state index in [0.717, 1.165) is 19.4 Å². The van der Waals surface area contributed by atoms with Gasteiger partial charge in [-0.1, -0.05) is 35.3 Å². The van der Waals surface area contributed by atoms with Gasteiger partial charge in [0.05, 0.1) is 21.7 Å². The summed E-state index contributed by atoms with van der Waals surface area (Å²) in [7, 11) is 0. The van der Waals surface area contributed by atoms with Crippen molar-refractivity contribution >= 4 is 46.5 Å². The Bertz CT molecular complexity index is 829. The molecule has 2 heterocycles. The lowest BCUT2D eigenvalue weighted by Crippen LogP contribution is -2.41. The van der Waals surface area contributed by atoms with Gasteiger partial charge in [0.2, 0.25) is 11.8 Å². The van der Waals surface area contributed by atoms with Gasteiger partial charge in [-0.05, 0) is 43.7 Å². The number of halogens is 2. The molecule has 2 aromatic rings. The second-order valence-corrected chi connectivity index (χ2v) is 7.61. The number of rotatable bonds is 6. The number of pyridine rings is 1. The van der Waals surface area contributed by atoms with Gasteiger partial charge in [0.25, 0.3) is 0 Å². The molecule has 1 aromatic carbocycles. The number of hydrogen-bond donors (Lipinski definition) is 2. The first-order valence-corrected chi connectivity index (χ1v) is 9.96. The highest BCUT2D eigenvalue weighted by atomic mass is 35.5. The number of para-hydroxylation sites is 1. The molecule has 8 heteroatoms. The number of piperidine rings is 1. The normalized spacial score (nSPS) is 17.1. The van der Waals surface area contributed by atoms with E-state index in [9.17, 15) is 9.59 Å². The van der Waals surface area contributed by atoms with Crippen LogP contribution in [0.25, 0.3) is 0 Å². The Morgan fingerprint density at radius 2 is 1.96 bits per heavy atom. The number of nitrogens with one attached hydrogen (secondary N) is 2. The smallest absolute Gasteiger partial charge is 0.229 e. The number of benzene rings is 1. The van der Waals surface area contributed by atoms with Crippen molar-refractivity contribution in [1.82, 2.24) is 9.88 Å². The maximum absolute atomic E-state index is 12.5. The van der Waals surface area contributed by atoms with Crippen LogP contribution >= 0.6 is 23.2 Å². The zero-order chi connectivity index (χ0) is 19.9. The molecule has 1 aliphatic heterocycles. The molecule has 2 amide bonds. The predicted molar refractivity (Wildman–Crippen MR) is 112 cm³/mol. The van der Waals surface area contributed by atoms with Crippen LogP contribution < -0.4 is 10.6 Å². The fourth-order valence-corrected chi connectivity index (χ4v) is 3.48. The van der Waals surface area contributed by atoms with Crippen LogP contribution in [0.4, 0.5) is 11.5 Å². The summed E-state index contributed by atoms with van der Waals surface area (Å²) in [5, 5.41) is 6.70. The molecule has 6 nitrogen and oxygen atoms in total. The van der Waals surface area contributed by atoms with Crippen LogP contribution in [0, 0.1) is 5.92 Å². The van der Waals surface area contributed by atoms with Crippen molar-refractivity contribution in [2.24, 2.45) is 5.92 Å². The lowest BCUT2D eigenvalue weighted by atomic mass is 9.97. The van der Waals surface area contributed by atoms with Crippen LogP contribution in [-0.2, 0) is 9.59 Å². The number of likely N-dealkylation sites (tertiary alicyclic amines) is 1. The molecule has 0 spiro atoms. The molecule has 1 fully saturated rings. The molecule has 1 aliphatic rings. The van der Waals surface area contributed by atoms with Gasteiger partial charge in [-0.15, -0.1) is 0 Å². The van der Waals surface area contributed by atoms with E-state index in [4.69, 9.17) is 23.2 Å². The first kappa shape index (κ1) is 20.6. The van der Waals surface area contributed by atoms with Crippen molar-refractivity contribution in [2.45, 2.75) is 19.3 Å². The number of amides is 2. The Hall–Kier alpha value is -2.15. The highest BCUT2D eigenvalue weighted by molar-refractivity contribution is 6.33. The van der Waals surface area contributed by atoms with E-state index >= 15 is 0 Å². The third-order valence-electron chi connectivity index (χ3n) is 4.66. The molecule has 1 aromatic heterocycles. The van der Waals surface area contributed by atoms with Crippen LogP contribution in [0.2, 0.25) is 10.0 Å². The lowest BCUT2D eigenvalue weighted by molar-refractivity contribution is -0.121. The second-order valence-electron chi connectivity index (χ2n) is 6.77. The van der Waals surface area contributed by atoms with Crippen LogP contribution in [0.5, 0.6) is 0 Å². The molecule has 2 N–H and O–H groups in total. The Morgan fingerprint density at radius 3 is 2.71 bits per heavy atom. The van der Waals surface area contributed by atoms with Gasteiger partial charge in [-0.2, -0.15) is 0 Å². The fourth-order valence-electron chi connectivity index (χ4n) is 3.19. The summed E-state index contributed by atoms with van der Waals surface area (Å²) in [6, 6.07) is 10.5. The quantitative estimate of drug-likeness (QED) is 0.738. The summed E-state index contributed by atoms with van der Waals surface area (Å²) in [5.74, 6) is 0.216. The third kappa shape index (κ3) is 5.92. The van der Waals surface area contributed by atoms with E-state index in [1.54, 1.807) is 24.3 Å². The largest absolute Gasteiger partial charge is 0.325 e. The Balaban J connectivity index is 1.46. The van der Waals surface area contributed by atoms with Crippen molar-refractivity contribution in [1.29, 1.82) is 0 Å². The molecule has 0 radical (unpaired) electrons. The van der Waals surface area contributed by atoms with E-state index in [2.05, 4.69) is 20.5 Å². The number of carbonyl (C=O) groups excluding carboxylic acids is 2. The molecule has 3 rings (SSSR count). The molecular weight excluding hydrogens is 399 g/mol. The Labute approximate surface area is 174 Å². The highest BCUT2D eigenvalue weighted by Gasteiger charge is 2.26. The standard InChI is InChI=1S/C20H22Cl2N4O2/c21-15-7-8-18(23-12-15)25-20(28)14-4-3-10-26(13-14)11-9-19(27)24-17-6-2-1-5-16(17)22/h1-2,5-8,12,14H,3-4,9-11,13H2,(H,24,27)(H,23,25,28). The Kier molecular flexibility index (Phi) is 7.25. The van der Waals surface area contributed by atoms with E-state index in [1.807, 2.05) is 12.1 Å². The first-order chi connectivity index (χ1) is 13.5. The average molecular weight is 421 g/mol. The fraction of sp³-hybridized carbons (Fsp3) is 0.350. The minimum Gasteiger partial charge on any atom is -0.325 e. The maximum Gasteiger partial charge on any atom is 0.229 e. The number of hydrogen-bond acceptors (Lipinski definition) is 4. The van der Waals surface area contributed by atoms with Crippen molar-refractivity contribution in [2.75, 3.05) is 30.3 Å². The van der Waals surface area contributed by atoms with Gasteiger partial charge in [0.1, 0.15) is 5.82 Å². The van der Waals surface area contributed by atoms with Crippen LogP contribution in [0.3, 0.4) is 0 Å². The molecular formula is C20H22Cl2N4O2. The number of nitrogens with zero attached hydrogens (tertiary/aromatic N) is 2. The van der Waals surface area contributed by atoms with Gasteiger partial charge in [-0.3, -0.25) is 9.59 Å². The van der Waals surface area contributed by atoms with Crippen LogP contribution in [0.15, 0.2) is 42.6 Å². The zero-order valence-electron chi connectivity index (χ0n) is 15.3. The average Bonchev–Trinajstić information content (AvgIpc) is 2.70. The number of carbonyl (C=O) groups is 2. The first-order valence-electron chi connectivity index (χ1n) is 9.20. The van der Waals surface area contributed by atoms with Crippen molar-refractivity contribution < 1.29 is 9.59 Å². The second kappa shape index (κ2) is 9.87. The summed E-state index contributed by atoms with van der Waals surface area (Å²) in [6.45, 7) is 2.10. The monoisotopic (exact) mass is 420 g/mol. The summed E-state index contributed by atoms with van der Waals surface area (Å²) >= 11 is 11.9. The molecule has 0 aliphatic carbocycles. The molecule has 1 atom stereocenters. The van der Waals surface area contributed by atoms with Crippen LogP contribution in [0.1, 0.15) is 19.3 Å². The highest BCUT2D eigenvalue weighted by Crippen LogP contribution is 2.21. The van der Waals surface area contributed by atoms with E-state index < -0.39 is 0 Å². The van der Waals surface area contributed by atoms with Gasteiger partial charge in [0.15, 0.2) is 0 Å². The minimum atomic E-state index is -0.127. The van der Waals surface area contributed by atoms with Gasteiger partial charge in [-0.25, -0.2) is 4.98 Å². The summed E-state index contributed by atoms with van der Waals surface area (Å²) in [5.41, 5.74) is 0.612. The van der Waals surface area contributed by atoms with Crippen LogP contribution in [-0.4, -0.2) is 41.3 Å². The zero-order valence-corrected chi connectivity index (χ0v) is 16.8. The number of aromatic nitrogens is 1. The van der Waals surface area contributed by atoms with E-state index in [1.165, 1.54) is 6.20 Å². The third-order valence-corrected chi connectivity index (χ3v) is 5.21. The van der Waals surface area contributed by atoms with E-state index in [0.29, 0.717) is 41.1 Å². The van der Waals surface area contributed by atoms with Crippen molar-refractivity contribution in [3.05, 3.63) is 52.6 Å². The van der Waals surface area contributed by atoms with Gasteiger partial charge in [0, 0.05) is 25.7 Å². The molecule has 0 saturated carbocycles. The minimum absolute atomic E-state index is 0.0555. The van der Waals surface area contributed by atoms with E-state index in [-0.39, 0.29) is 17.7 Å². The summed E-state index contributed by atoms with van der Waals surface area (Å²) < 4.78 is 0. The molecule has 1 saturated heterocycles. The van der Waals surface area contributed by atoms with Crippen molar-refractivity contribution in [3.63, 3.8) is 0 Å². The topological polar surface area (TPSA) is 74.3 Å². The molecule has 0 bridgehead atoms. The molecule has 148 valence electrons. The van der Waals surface area contributed by atoms with Crippen molar-refractivity contribution in [3.8, 4) is 0 Å². The summed E-state index contributed by atoms with van der Waals surface area (Å²) in [4.78, 5) is 31.0. The SMILES string of the molecule is O=C(CCN1CCCC(C(=O)Nc2ccc(Cl)cn2)C1)Nc1ccccc1Cl. The predicted octanol–water partition coefficient (Wildman–Crippen LogP) is 4.07.